The Kier molecular flexibility index (Phi) is 5.50. The summed E-state index contributed by atoms with van der Waals surface area (Å²) >= 11 is 6.08. The van der Waals surface area contributed by atoms with Gasteiger partial charge in [-0.2, -0.15) is 0 Å². The predicted molar refractivity (Wildman–Crippen MR) is 102 cm³/mol. The maximum Gasteiger partial charge on any atom is 0.187 e. The van der Waals surface area contributed by atoms with Crippen molar-refractivity contribution in [2.24, 2.45) is 0 Å². The first kappa shape index (κ1) is 16.8. The van der Waals surface area contributed by atoms with Crippen LogP contribution in [0.3, 0.4) is 0 Å². The molecule has 124 valence electrons. The minimum Gasteiger partial charge on any atom is -0.456 e. The lowest BCUT2D eigenvalue weighted by Gasteiger charge is -2.08. The van der Waals surface area contributed by atoms with Crippen molar-refractivity contribution in [3.63, 3.8) is 0 Å². The van der Waals surface area contributed by atoms with Gasteiger partial charge in [0.25, 0.3) is 0 Å². The fourth-order valence-electron chi connectivity index (χ4n) is 2.19. The third kappa shape index (κ3) is 4.72. The highest BCUT2D eigenvalue weighted by atomic mass is 35.5. The van der Waals surface area contributed by atoms with Crippen molar-refractivity contribution in [2.75, 3.05) is 5.32 Å². The quantitative estimate of drug-likeness (QED) is 0.442. The van der Waals surface area contributed by atoms with Crippen molar-refractivity contribution in [2.45, 2.75) is 0 Å². The van der Waals surface area contributed by atoms with Crippen molar-refractivity contribution in [3.05, 3.63) is 102 Å². The number of hydrogen-bond acceptors (Lipinski definition) is 3. The zero-order valence-corrected chi connectivity index (χ0v) is 14.1. The maximum absolute atomic E-state index is 12.0. The van der Waals surface area contributed by atoms with Gasteiger partial charge in [0.1, 0.15) is 11.5 Å². The van der Waals surface area contributed by atoms with Crippen LogP contribution in [0.5, 0.6) is 11.5 Å². The molecule has 0 unspecified atom stereocenters. The van der Waals surface area contributed by atoms with Crippen LogP contribution in [0, 0.1) is 0 Å². The van der Waals surface area contributed by atoms with Crippen LogP contribution in [0.4, 0.5) is 5.69 Å². The van der Waals surface area contributed by atoms with Crippen molar-refractivity contribution < 1.29 is 9.53 Å². The zero-order chi connectivity index (χ0) is 17.5. The van der Waals surface area contributed by atoms with Crippen molar-refractivity contribution in [1.29, 1.82) is 0 Å². The van der Waals surface area contributed by atoms with Crippen molar-refractivity contribution in [1.82, 2.24) is 0 Å². The van der Waals surface area contributed by atoms with Crippen LogP contribution in [0.2, 0.25) is 5.02 Å². The molecule has 0 amide bonds. The maximum atomic E-state index is 12.0. The van der Waals surface area contributed by atoms with Gasteiger partial charge in [-0.15, -0.1) is 0 Å². The molecule has 0 aliphatic carbocycles. The summed E-state index contributed by atoms with van der Waals surface area (Å²) in [6.07, 6.45) is 3.13. The Morgan fingerprint density at radius 3 is 2.28 bits per heavy atom. The normalized spacial score (nSPS) is 10.6. The molecule has 3 aromatic rings. The Labute approximate surface area is 151 Å². The molecular weight excluding hydrogens is 334 g/mol. The highest BCUT2D eigenvalue weighted by Crippen LogP contribution is 2.29. The summed E-state index contributed by atoms with van der Waals surface area (Å²) in [6, 6.07) is 23.8. The van der Waals surface area contributed by atoms with Gasteiger partial charge in [-0.05, 0) is 36.4 Å². The van der Waals surface area contributed by atoms with Gasteiger partial charge in [-0.25, -0.2) is 0 Å². The highest BCUT2D eigenvalue weighted by molar-refractivity contribution is 6.32. The van der Waals surface area contributed by atoms with Crippen LogP contribution in [0.15, 0.2) is 91.1 Å². The van der Waals surface area contributed by atoms with E-state index in [9.17, 15) is 4.79 Å². The second kappa shape index (κ2) is 8.18. The number of anilines is 1. The number of ketones is 1. The molecule has 0 aliphatic rings. The van der Waals surface area contributed by atoms with Gasteiger partial charge in [-0.3, -0.25) is 4.79 Å². The van der Waals surface area contributed by atoms with Gasteiger partial charge < -0.3 is 10.1 Å². The first-order valence-corrected chi connectivity index (χ1v) is 8.15. The van der Waals surface area contributed by atoms with Gasteiger partial charge in [0, 0.05) is 23.5 Å². The van der Waals surface area contributed by atoms with E-state index < -0.39 is 0 Å². The van der Waals surface area contributed by atoms with E-state index in [0.29, 0.717) is 22.1 Å². The van der Waals surface area contributed by atoms with E-state index in [1.54, 1.807) is 24.4 Å². The number of allylic oxidation sites excluding steroid dienone is 1. The Morgan fingerprint density at radius 2 is 1.56 bits per heavy atom. The minimum atomic E-state index is -0.0493. The molecule has 4 heteroatoms. The Hall–Kier alpha value is -3.04. The number of hydrogen-bond donors (Lipinski definition) is 1. The van der Waals surface area contributed by atoms with Gasteiger partial charge in [0.2, 0.25) is 0 Å². The number of carbonyl (C=O) groups excluding carboxylic acids is 1. The van der Waals surface area contributed by atoms with Gasteiger partial charge in [-0.1, -0.05) is 54.1 Å². The Bertz CT molecular complexity index is 874. The largest absolute Gasteiger partial charge is 0.456 e. The molecule has 0 aromatic heterocycles. The SMILES string of the molecule is O=C(/C=C/Nc1ccc(Oc2ccccc2Cl)cc1)c1ccccc1. The molecule has 0 heterocycles. The molecule has 0 saturated heterocycles. The molecule has 0 atom stereocenters. The molecule has 1 N–H and O–H groups in total. The average molecular weight is 350 g/mol. The van der Waals surface area contributed by atoms with Gasteiger partial charge in [0.05, 0.1) is 5.02 Å². The van der Waals surface area contributed by atoms with E-state index in [1.807, 2.05) is 60.7 Å². The van der Waals surface area contributed by atoms with E-state index in [1.165, 1.54) is 6.08 Å². The lowest BCUT2D eigenvalue weighted by molar-refractivity contribution is 0.104. The molecule has 3 nitrogen and oxygen atoms in total. The smallest absolute Gasteiger partial charge is 0.187 e. The summed E-state index contributed by atoms with van der Waals surface area (Å²) in [5.74, 6) is 1.24. The summed E-state index contributed by atoms with van der Waals surface area (Å²) in [6.45, 7) is 0. The number of nitrogens with one attached hydrogen (secondary N) is 1. The number of para-hydroxylation sites is 1. The summed E-state index contributed by atoms with van der Waals surface area (Å²) in [5.41, 5.74) is 1.51. The second-order valence-corrected chi connectivity index (χ2v) is 5.67. The first-order valence-electron chi connectivity index (χ1n) is 7.77. The molecule has 0 radical (unpaired) electrons. The first-order chi connectivity index (χ1) is 12.2. The standard InChI is InChI=1S/C21H16ClNO2/c22-19-8-4-5-9-21(19)25-18-12-10-17(11-13-18)23-15-14-20(24)16-6-2-1-3-7-16/h1-15,23H/b15-14+. The van der Waals surface area contributed by atoms with Crippen LogP contribution in [-0.2, 0) is 0 Å². The zero-order valence-electron chi connectivity index (χ0n) is 13.4. The predicted octanol–water partition coefficient (Wildman–Crippen LogP) is 5.94. The summed E-state index contributed by atoms with van der Waals surface area (Å²) in [5, 5.41) is 3.63. The average Bonchev–Trinajstić information content (AvgIpc) is 2.65. The monoisotopic (exact) mass is 349 g/mol. The fraction of sp³-hybridized carbons (Fsp3) is 0. The molecule has 0 aliphatic heterocycles. The van der Waals surface area contributed by atoms with Crippen LogP contribution in [-0.4, -0.2) is 5.78 Å². The molecule has 0 saturated carbocycles. The molecule has 0 spiro atoms. The van der Waals surface area contributed by atoms with E-state index in [-0.39, 0.29) is 5.78 Å². The number of halogens is 1. The third-order valence-electron chi connectivity index (χ3n) is 3.46. The molecule has 25 heavy (non-hydrogen) atoms. The van der Waals surface area contributed by atoms with Gasteiger partial charge >= 0.3 is 0 Å². The fourth-order valence-corrected chi connectivity index (χ4v) is 2.36. The summed E-state index contributed by atoms with van der Waals surface area (Å²) in [7, 11) is 0. The van der Waals surface area contributed by atoms with Crippen LogP contribution >= 0.6 is 11.6 Å². The van der Waals surface area contributed by atoms with E-state index >= 15 is 0 Å². The molecule has 0 bridgehead atoms. The number of rotatable bonds is 6. The van der Waals surface area contributed by atoms with Gasteiger partial charge in [0.15, 0.2) is 5.78 Å². The molecular formula is C21H16ClNO2. The second-order valence-electron chi connectivity index (χ2n) is 5.26. The Balaban J connectivity index is 1.58. The molecule has 3 aromatic carbocycles. The van der Waals surface area contributed by atoms with Crippen LogP contribution in [0.1, 0.15) is 10.4 Å². The van der Waals surface area contributed by atoms with E-state index in [0.717, 1.165) is 5.69 Å². The highest BCUT2D eigenvalue weighted by Gasteiger charge is 2.02. The van der Waals surface area contributed by atoms with Crippen LogP contribution < -0.4 is 10.1 Å². The number of benzene rings is 3. The summed E-state index contributed by atoms with van der Waals surface area (Å²) in [4.78, 5) is 12.0. The van der Waals surface area contributed by atoms with E-state index in [2.05, 4.69) is 5.32 Å². The number of carbonyl (C=O) groups is 1. The Morgan fingerprint density at radius 1 is 0.880 bits per heavy atom. The minimum absolute atomic E-state index is 0.0493. The summed E-state index contributed by atoms with van der Waals surface area (Å²) < 4.78 is 5.73. The lowest BCUT2D eigenvalue weighted by atomic mass is 10.1. The molecule has 0 fully saturated rings. The van der Waals surface area contributed by atoms with Crippen LogP contribution in [0.25, 0.3) is 0 Å². The lowest BCUT2D eigenvalue weighted by Crippen LogP contribution is -1.95. The molecule has 3 rings (SSSR count). The third-order valence-corrected chi connectivity index (χ3v) is 3.77. The van der Waals surface area contributed by atoms with Crippen molar-refractivity contribution in [3.8, 4) is 11.5 Å². The van der Waals surface area contributed by atoms with E-state index in [4.69, 9.17) is 16.3 Å². The number of ether oxygens (including phenoxy) is 1. The van der Waals surface area contributed by atoms with Crippen molar-refractivity contribution >= 4 is 23.1 Å². The topological polar surface area (TPSA) is 38.3 Å².